The third kappa shape index (κ3) is 5.88. The van der Waals surface area contributed by atoms with Crippen molar-refractivity contribution >= 4 is 17.7 Å². The highest BCUT2D eigenvalue weighted by molar-refractivity contribution is 5.69. The molecule has 0 atom stereocenters. The van der Waals surface area contributed by atoms with Crippen molar-refractivity contribution in [3.05, 3.63) is 87.1 Å². The number of hydrogen-bond donors (Lipinski definition) is 4. The molecule has 0 unspecified atom stereocenters. The minimum atomic E-state index is -4.86. The number of aromatic amines is 2. The van der Waals surface area contributed by atoms with Crippen LogP contribution in [-0.2, 0) is 6.54 Å². The van der Waals surface area contributed by atoms with Crippen LogP contribution in [0.1, 0.15) is 24.1 Å². The van der Waals surface area contributed by atoms with Gasteiger partial charge in [-0.2, -0.15) is 19.6 Å². The third-order valence-electron chi connectivity index (χ3n) is 6.14. The number of benzene rings is 2. The first-order chi connectivity index (χ1) is 19.6. The van der Waals surface area contributed by atoms with Gasteiger partial charge in [-0.1, -0.05) is 18.2 Å². The van der Waals surface area contributed by atoms with Crippen LogP contribution in [0.2, 0.25) is 0 Å². The molecule has 3 aromatic heterocycles. The molecule has 3 heterocycles. The second kappa shape index (κ2) is 10.1. The Morgan fingerprint density at radius 3 is 2.73 bits per heavy atom. The van der Waals surface area contributed by atoms with Gasteiger partial charge in [0.2, 0.25) is 11.8 Å². The minimum absolute atomic E-state index is 0.00952. The summed E-state index contributed by atoms with van der Waals surface area (Å²) < 4.78 is 58.0. The number of halogens is 4. The average Bonchev–Trinajstić information content (AvgIpc) is 3.54. The lowest BCUT2D eigenvalue weighted by atomic mass is 9.99. The third-order valence-corrected chi connectivity index (χ3v) is 6.14. The fraction of sp³-hybridized carbons (Fsp3) is 0.192. The molecule has 11 nitrogen and oxygen atoms in total. The zero-order valence-corrected chi connectivity index (χ0v) is 20.9. The Morgan fingerprint density at radius 1 is 1.17 bits per heavy atom. The van der Waals surface area contributed by atoms with Gasteiger partial charge in [-0.15, -0.1) is 13.2 Å². The van der Waals surface area contributed by atoms with E-state index in [4.69, 9.17) is 0 Å². The van der Waals surface area contributed by atoms with Gasteiger partial charge in [0, 0.05) is 11.8 Å². The topological polar surface area (TPSA) is 146 Å². The fourth-order valence-electron chi connectivity index (χ4n) is 4.18. The summed E-state index contributed by atoms with van der Waals surface area (Å²) >= 11 is 0. The van der Waals surface area contributed by atoms with E-state index in [9.17, 15) is 27.5 Å². The molecule has 41 heavy (non-hydrogen) atoms. The van der Waals surface area contributed by atoms with Crippen molar-refractivity contribution in [3.63, 3.8) is 0 Å². The number of fused-ring (bicyclic) bond motifs is 1. The Morgan fingerprint density at radius 2 is 2.00 bits per heavy atom. The highest BCUT2D eigenvalue weighted by Crippen LogP contribution is 2.30. The molecule has 1 fully saturated rings. The van der Waals surface area contributed by atoms with Gasteiger partial charge in [0.25, 0.3) is 5.62 Å². The lowest BCUT2D eigenvalue weighted by Crippen LogP contribution is -2.24. The maximum Gasteiger partial charge on any atom is 0.573 e. The highest BCUT2D eigenvalue weighted by Gasteiger charge is 2.31. The molecular formula is C26H20F4N8O3. The Bertz CT molecular complexity index is 1940. The summed E-state index contributed by atoms with van der Waals surface area (Å²) in [7, 11) is 0. The summed E-state index contributed by atoms with van der Waals surface area (Å²) in [5.74, 6) is -1.17. The molecule has 15 heteroatoms. The number of ether oxygens (including phenoxy) is 1. The number of aromatic hydroxyl groups is 1. The summed E-state index contributed by atoms with van der Waals surface area (Å²) in [4.78, 5) is 29.8. The van der Waals surface area contributed by atoms with E-state index in [0.29, 0.717) is 27.6 Å². The molecule has 0 bridgehead atoms. The van der Waals surface area contributed by atoms with E-state index in [1.54, 1.807) is 6.07 Å². The molecule has 1 saturated carbocycles. The lowest BCUT2D eigenvalue weighted by Gasteiger charge is -2.14. The predicted octanol–water partition coefficient (Wildman–Crippen LogP) is 2.77. The van der Waals surface area contributed by atoms with Crippen LogP contribution < -0.4 is 26.6 Å². The van der Waals surface area contributed by atoms with Crippen LogP contribution >= 0.6 is 0 Å². The van der Waals surface area contributed by atoms with Crippen LogP contribution in [0.3, 0.4) is 0 Å². The van der Waals surface area contributed by atoms with Gasteiger partial charge in [0.1, 0.15) is 17.3 Å². The number of nitrogens with zero attached hydrogens (tertiary/aromatic N) is 5. The van der Waals surface area contributed by atoms with Crippen molar-refractivity contribution in [1.82, 2.24) is 29.5 Å². The molecule has 4 N–H and O–H groups in total. The smallest absolute Gasteiger partial charge is 0.493 e. The van der Waals surface area contributed by atoms with Crippen molar-refractivity contribution in [2.45, 2.75) is 31.8 Å². The van der Waals surface area contributed by atoms with Crippen LogP contribution in [0.4, 0.5) is 23.5 Å². The molecule has 0 radical (unpaired) electrons. The summed E-state index contributed by atoms with van der Waals surface area (Å²) in [6.45, 7) is 0.00952. The van der Waals surface area contributed by atoms with Gasteiger partial charge in [-0.25, -0.2) is 14.2 Å². The number of rotatable bonds is 7. The number of anilines is 1. The van der Waals surface area contributed by atoms with Gasteiger partial charge in [0.15, 0.2) is 5.65 Å². The first kappa shape index (κ1) is 26.0. The van der Waals surface area contributed by atoms with Crippen molar-refractivity contribution in [3.8, 4) is 22.8 Å². The van der Waals surface area contributed by atoms with Crippen LogP contribution in [0, 0.1) is 5.82 Å². The first-order valence-electron chi connectivity index (χ1n) is 12.3. The number of nitrogens with one attached hydrogen (secondary N) is 3. The van der Waals surface area contributed by atoms with Gasteiger partial charge in [-0.05, 0) is 59.9 Å². The van der Waals surface area contributed by atoms with E-state index in [-0.39, 0.29) is 35.7 Å². The molecule has 210 valence electrons. The van der Waals surface area contributed by atoms with Gasteiger partial charge in [0.05, 0.1) is 12.2 Å². The Hall–Kier alpha value is -5.21. The SMILES string of the molecule is O=c1[nH]c(O)c(C=c2cnn3c(=NC4CC4)nc(NCc4cc(F)ccc4-c4cccc(OC(F)(F)F)c4)nc23)[nH]1. The second-order valence-electron chi connectivity index (χ2n) is 9.26. The molecule has 6 rings (SSSR count). The normalized spacial score (nSPS) is 14.6. The monoisotopic (exact) mass is 568 g/mol. The number of aromatic nitrogens is 6. The minimum Gasteiger partial charge on any atom is -0.493 e. The van der Waals surface area contributed by atoms with Crippen molar-refractivity contribution in [2.24, 2.45) is 4.99 Å². The molecule has 0 saturated heterocycles. The average molecular weight is 568 g/mol. The molecule has 0 aliphatic heterocycles. The maximum atomic E-state index is 14.3. The van der Waals surface area contributed by atoms with Crippen molar-refractivity contribution in [2.75, 3.05) is 5.32 Å². The zero-order valence-electron chi connectivity index (χ0n) is 20.9. The van der Waals surface area contributed by atoms with Crippen molar-refractivity contribution < 1.29 is 27.4 Å². The molecule has 1 aliphatic carbocycles. The highest BCUT2D eigenvalue weighted by atomic mass is 19.4. The molecule has 1 aliphatic rings. The quantitative estimate of drug-likeness (QED) is 0.221. The fourth-order valence-corrected chi connectivity index (χ4v) is 4.18. The number of alkyl halides is 3. The predicted molar refractivity (Wildman–Crippen MR) is 137 cm³/mol. The van der Waals surface area contributed by atoms with Gasteiger partial charge in [-0.3, -0.25) is 4.98 Å². The number of hydrogen-bond acceptors (Lipinski definition) is 8. The Kier molecular flexibility index (Phi) is 6.40. The van der Waals surface area contributed by atoms with Gasteiger partial charge >= 0.3 is 12.1 Å². The molecule has 5 aromatic rings. The van der Waals surface area contributed by atoms with E-state index >= 15 is 0 Å². The standard InChI is InChI=1S/C26H20F4N8O3/c27-16-4-7-19(13-2-1-3-18(9-13)41-26(28,29)30)14(8-16)11-31-23-35-21-15(10-20-22(39)36-25(40)34-20)12-32-38(21)24(37-23)33-17-5-6-17/h1-4,7-10,12,17,39H,5-6,11H2,(H,31,33,37)(H2,34,36,40). The number of H-pyrrole nitrogens is 2. The number of imidazole rings is 1. The lowest BCUT2D eigenvalue weighted by molar-refractivity contribution is -0.274. The Balaban J connectivity index is 1.37. The molecule has 0 spiro atoms. The summed E-state index contributed by atoms with van der Waals surface area (Å²) in [6.07, 6.45) is -0.101. The largest absolute Gasteiger partial charge is 0.573 e. The van der Waals surface area contributed by atoms with Crippen LogP contribution in [-0.4, -0.2) is 47.1 Å². The van der Waals surface area contributed by atoms with Crippen LogP contribution in [0.15, 0.2) is 58.4 Å². The van der Waals surface area contributed by atoms with E-state index in [2.05, 4.69) is 40.1 Å². The van der Waals surface area contributed by atoms with Gasteiger partial charge < -0.3 is 20.1 Å². The maximum absolute atomic E-state index is 14.3. The van der Waals surface area contributed by atoms with Crippen LogP contribution in [0.25, 0.3) is 22.9 Å². The molecular weight excluding hydrogens is 548 g/mol. The van der Waals surface area contributed by atoms with E-state index in [1.165, 1.54) is 53.2 Å². The van der Waals surface area contributed by atoms with E-state index in [1.807, 2.05) is 0 Å². The Labute approximate surface area is 226 Å². The summed E-state index contributed by atoms with van der Waals surface area (Å²) in [5.41, 5.74) is 1.40. The van der Waals surface area contributed by atoms with Crippen molar-refractivity contribution in [1.29, 1.82) is 0 Å². The first-order valence-corrected chi connectivity index (χ1v) is 12.3. The summed E-state index contributed by atoms with van der Waals surface area (Å²) in [5, 5.41) is 17.8. The summed E-state index contributed by atoms with van der Waals surface area (Å²) in [6, 6.07) is 9.41. The molecule has 0 amide bonds. The van der Waals surface area contributed by atoms with Crippen LogP contribution in [0.5, 0.6) is 11.6 Å². The molecule has 2 aromatic carbocycles. The second-order valence-corrected chi connectivity index (χ2v) is 9.26. The van der Waals surface area contributed by atoms with E-state index in [0.717, 1.165) is 12.8 Å². The zero-order chi connectivity index (χ0) is 28.7. The van der Waals surface area contributed by atoms with E-state index < -0.39 is 23.6 Å².